The number of piperidine rings is 1. The van der Waals surface area contributed by atoms with Gasteiger partial charge >= 0.3 is 0 Å². The number of hydrogen-bond acceptors (Lipinski definition) is 3. The molecule has 2 heterocycles. The first-order chi connectivity index (χ1) is 7.29. The Balaban J connectivity index is 0.00000128. The molecular formula is C12H20ClN3. The van der Waals surface area contributed by atoms with Crippen LogP contribution in [0.15, 0.2) is 18.3 Å². The summed E-state index contributed by atoms with van der Waals surface area (Å²) in [5, 5.41) is 0. The molecule has 2 rings (SSSR count). The van der Waals surface area contributed by atoms with Crippen LogP contribution in [0.2, 0.25) is 0 Å². The van der Waals surface area contributed by atoms with Crippen LogP contribution < -0.4 is 10.6 Å². The standard InChI is InChI=1S/C12H19N3.ClH/c1-10-2-3-12(14-9-10)15-6-4-11(8-13)5-7-15;/h2-3,9,11H,4-8,13H2,1H3;1H. The van der Waals surface area contributed by atoms with E-state index in [1.807, 2.05) is 6.20 Å². The summed E-state index contributed by atoms with van der Waals surface area (Å²) >= 11 is 0. The van der Waals surface area contributed by atoms with E-state index in [0.717, 1.165) is 25.5 Å². The topological polar surface area (TPSA) is 42.1 Å². The number of rotatable bonds is 2. The minimum Gasteiger partial charge on any atom is -0.357 e. The van der Waals surface area contributed by atoms with Gasteiger partial charge in [0.15, 0.2) is 0 Å². The Kier molecular flexibility index (Phi) is 5.03. The van der Waals surface area contributed by atoms with Gasteiger partial charge in [0.25, 0.3) is 0 Å². The van der Waals surface area contributed by atoms with Crippen molar-refractivity contribution in [1.29, 1.82) is 0 Å². The number of aryl methyl sites for hydroxylation is 1. The molecule has 2 N–H and O–H groups in total. The van der Waals surface area contributed by atoms with Crippen molar-refractivity contribution in [3.05, 3.63) is 23.9 Å². The molecule has 1 aliphatic heterocycles. The highest BCUT2D eigenvalue weighted by molar-refractivity contribution is 5.85. The van der Waals surface area contributed by atoms with E-state index in [4.69, 9.17) is 5.73 Å². The fraction of sp³-hybridized carbons (Fsp3) is 0.583. The summed E-state index contributed by atoms with van der Waals surface area (Å²) in [6.07, 6.45) is 4.34. The maximum absolute atomic E-state index is 5.67. The van der Waals surface area contributed by atoms with E-state index in [-0.39, 0.29) is 12.4 Å². The van der Waals surface area contributed by atoms with Crippen LogP contribution in [0, 0.1) is 12.8 Å². The van der Waals surface area contributed by atoms with Crippen molar-refractivity contribution in [2.75, 3.05) is 24.5 Å². The number of hydrogen-bond donors (Lipinski definition) is 1. The summed E-state index contributed by atoms with van der Waals surface area (Å²) in [5.41, 5.74) is 6.89. The molecule has 1 aromatic heterocycles. The van der Waals surface area contributed by atoms with Crippen LogP contribution in [0.25, 0.3) is 0 Å². The van der Waals surface area contributed by atoms with Gasteiger partial charge in [0, 0.05) is 19.3 Å². The zero-order valence-electron chi connectivity index (χ0n) is 9.72. The van der Waals surface area contributed by atoms with Crippen molar-refractivity contribution >= 4 is 18.2 Å². The van der Waals surface area contributed by atoms with E-state index in [1.54, 1.807) is 0 Å². The van der Waals surface area contributed by atoms with Gasteiger partial charge in [-0.1, -0.05) is 6.07 Å². The Hall–Kier alpha value is -0.800. The normalized spacial score (nSPS) is 17.0. The third kappa shape index (κ3) is 3.09. The maximum atomic E-state index is 5.67. The second-order valence-electron chi connectivity index (χ2n) is 4.36. The number of aromatic nitrogens is 1. The molecule has 1 aliphatic rings. The van der Waals surface area contributed by atoms with Gasteiger partial charge in [-0.15, -0.1) is 12.4 Å². The molecular weight excluding hydrogens is 222 g/mol. The predicted molar refractivity (Wildman–Crippen MR) is 70.2 cm³/mol. The maximum Gasteiger partial charge on any atom is 0.128 e. The largest absolute Gasteiger partial charge is 0.357 e. The number of halogens is 1. The van der Waals surface area contributed by atoms with Crippen LogP contribution >= 0.6 is 12.4 Å². The first-order valence-corrected chi connectivity index (χ1v) is 5.67. The molecule has 90 valence electrons. The van der Waals surface area contributed by atoms with E-state index < -0.39 is 0 Å². The molecule has 1 aromatic rings. The molecule has 3 nitrogen and oxygen atoms in total. The number of nitrogens with two attached hydrogens (primary N) is 1. The third-order valence-corrected chi connectivity index (χ3v) is 3.17. The third-order valence-electron chi connectivity index (χ3n) is 3.17. The smallest absolute Gasteiger partial charge is 0.128 e. The van der Waals surface area contributed by atoms with E-state index in [0.29, 0.717) is 5.92 Å². The molecule has 1 saturated heterocycles. The van der Waals surface area contributed by atoms with Gasteiger partial charge in [0.1, 0.15) is 5.82 Å². The summed E-state index contributed by atoms with van der Waals surface area (Å²) in [7, 11) is 0. The van der Waals surface area contributed by atoms with E-state index in [2.05, 4.69) is 28.9 Å². The Bertz CT molecular complexity index is 305. The highest BCUT2D eigenvalue weighted by Crippen LogP contribution is 2.20. The van der Waals surface area contributed by atoms with Gasteiger partial charge in [-0.3, -0.25) is 0 Å². The highest BCUT2D eigenvalue weighted by Gasteiger charge is 2.18. The van der Waals surface area contributed by atoms with Crippen molar-refractivity contribution in [2.24, 2.45) is 11.7 Å². The van der Waals surface area contributed by atoms with Crippen LogP contribution in [0.3, 0.4) is 0 Å². The highest BCUT2D eigenvalue weighted by atomic mass is 35.5. The number of anilines is 1. The van der Waals surface area contributed by atoms with Crippen molar-refractivity contribution in [3.63, 3.8) is 0 Å². The summed E-state index contributed by atoms with van der Waals surface area (Å²) in [4.78, 5) is 6.80. The minimum atomic E-state index is 0. The molecule has 0 saturated carbocycles. The Morgan fingerprint density at radius 2 is 2.06 bits per heavy atom. The fourth-order valence-electron chi connectivity index (χ4n) is 2.04. The minimum absolute atomic E-state index is 0. The molecule has 0 unspecified atom stereocenters. The van der Waals surface area contributed by atoms with Crippen LogP contribution in [0.4, 0.5) is 5.82 Å². The van der Waals surface area contributed by atoms with Crippen LogP contribution in [-0.4, -0.2) is 24.6 Å². The molecule has 1 fully saturated rings. The molecule has 0 aromatic carbocycles. The van der Waals surface area contributed by atoms with Crippen LogP contribution in [-0.2, 0) is 0 Å². The summed E-state index contributed by atoms with van der Waals surface area (Å²) in [5.74, 6) is 1.82. The van der Waals surface area contributed by atoms with Gasteiger partial charge in [-0.2, -0.15) is 0 Å². The lowest BCUT2D eigenvalue weighted by Gasteiger charge is -2.32. The first-order valence-electron chi connectivity index (χ1n) is 5.67. The van der Waals surface area contributed by atoms with Gasteiger partial charge in [-0.25, -0.2) is 4.98 Å². The summed E-state index contributed by atoms with van der Waals surface area (Å²) in [6, 6.07) is 4.23. The molecule has 0 atom stereocenters. The number of pyridine rings is 1. The Morgan fingerprint density at radius 1 is 1.38 bits per heavy atom. The zero-order chi connectivity index (χ0) is 10.7. The zero-order valence-corrected chi connectivity index (χ0v) is 10.5. The van der Waals surface area contributed by atoms with Crippen molar-refractivity contribution in [3.8, 4) is 0 Å². The van der Waals surface area contributed by atoms with Gasteiger partial charge in [0.05, 0.1) is 0 Å². The van der Waals surface area contributed by atoms with Gasteiger partial charge in [-0.05, 0) is 43.9 Å². The van der Waals surface area contributed by atoms with E-state index in [9.17, 15) is 0 Å². The van der Waals surface area contributed by atoms with E-state index >= 15 is 0 Å². The summed E-state index contributed by atoms with van der Waals surface area (Å²) in [6.45, 7) is 5.09. The average molecular weight is 242 g/mol. The lowest BCUT2D eigenvalue weighted by molar-refractivity contribution is 0.413. The predicted octanol–water partition coefficient (Wildman–Crippen LogP) is 1.99. The quantitative estimate of drug-likeness (QED) is 0.861. The molecule has 16 heavy (non-hydrogen) atoms. The fourth-order valence-corrected chi connectivity index (χ4v) is 2.04. The lowest BCUT2D eigenvalue weighted by Crippen LogP contribution is -2.36. The first kappa shape index (κ1) is 13.3. The van der Waals surface area contributed by atoms with Crippen molar-refractivity contribution < 1.29 is 0 Å². The van der Waals surface area contributed by atoms with Crippen LogP contribution in [0.5, 0.6) is 0 Å². The van der Waals surface area contributed by atoms with Gasteiger partial charge in [0.2, 0.25) is 0 Å². The molecule has 4 heteroatoms. The molecule has 0 bridgehead atoms. The second kappa shape index (κ2) is 6.06. The van der Waals surface area contributed by atoms with Gasteiger partial charge < -0.3 is 10.6 Å². The van der Waals surface area contributed by atoms with Crippen LogP contribution in [0.1, 0.15) is 18.4 Å². The number of nitrogens with zero attached hydrogens (tertiary/aromatic N) is 2. The Morgan fingerprint density at radius 3 is 2.56 bits per heavy atom. The van der Waals surface area contributed by atoms with Crippen molar-refractivity contribution in [2.45, 2.75) is 19.8 Å². The molecule has 0 aliphatic carbocycles. The molecule has 0 spiro atoms. The monoisotopic (exact) mass is 241 g/mol. The average Bonchev–Trinajstić information content (AvgIpc) is 2.30. The second-order valence-corrected chi connectivity index (χ2v) is 4.36. The molecule has 0 amide bonds. The van der Waals surface area contributed by atoms with Crippen molar-refractivity contribution in [1.82, 2.24) is 4.98 Å². The Labute approximate surface area is 103 Å². The van der Waals surface area contributed by atoms with E-state index in [1.165, 1.54) is 18.4 Å². The summed E-state index contributed by atoms with van der Waals surface area (Å²) < 4.78 is 0. The molecule has 0 radical (unpaired) electrons. The SMILES string of the molecule is Cc1ccc(N2CCC(CN)CC2)nc1.Cl. The lowest BCUT2D eigenvalue weighted by atomic mass is 9.97.